The number of benzene rings is 2. The van der Waals surface area contributed by atoms with Gasteiger partial charge < -0.3 is 14.5 Å². The van der Waals surface area contributed by atoms with Crippen molar-refractivity contribution >= 4 is 45.5 Å². The van der Waals surface area contributed by atoms with E-state index in [1.54, 1.807) is 19.2 Å². The van der Waals surface area contributed by atoms with E-state index in [-0.39, 0.29) is 0 Å². The number of thioether (sulfide) groups is 1. The molecule has 2 aromatic carbocycles. The average Bonchev–Trinajstić information content (AvgIpc) is 3.37. The highest BCUT2D eigenvalue weighted by molar-refractivity contribution is 8.00. The number of rotatable bonds is 7. The molecule has 1 N–H and O–H groups in total. The minimum Gasteiger partial charge on any atom is -0.497 e. The molecule has 0 fully saturated rings. The topological polar surface area (TPSA) is 86.0 Å². The van der Waals surface area contributed by atoms with Crippen LogP contribution in [0.25, 0.3) is 11.5 Å². The molecule has 7 nitrogen and oxygen atoms in total. The first-order valence-corrected chi connectivity index (χ1v) is 10.3. The first-order valence-electron chi connectivity index (χ1n) is 8.15. The number of ether oxygens (including phenoxy) is 1. The monoisotopic (exact) mass is 431 g/mol. The zero-order valence-electron chi connectivity index (χ0n) is 14.6. The summed E-state index contributed by atoms with van der Waals surface area (Å²) in [5.74, 6) is 2.30. The van der Waals surface area contributed by atoms with E-state index in [9.17, 15) is 0 Å². The quantitative estimate of drug-likeness (QED) is 0.395. The molecule has 4 aromatic rings. The Labute approximate surface area is 174 Å². The summed E-state index contributed by atoms with van der Waals surface area (Å²) >= 11 is 8.84. The van der Waals surface area contributed by atoms with E-state index >= 15 is 0 Å². The molecule has 10 heteroatoms. The van der Waals surface area contributed by atoms with Gasteiger partial charge in [0.25, 0.3) is 0 Å². The maximum atomic E-state index is 5.90. The number of methoxy groups -OCH3 is 1. The summed E-state index contributed by atoms with van der Waals surface area (Å²) in [6.45, 7) is 0. The van der Waals surface area contributed by atoms with Gasteiger partial charge in [-0.3, -0.25) is 0 Å². The van der Waals surface area contributed by atoms with Crippen molar-refractivity contribution in [3.63, 3.8) is 0 Å². The van der Waals surface area contributed by atoms with Crippen LogP contribution < -0.4 is 10.1 Å². The molecule has 0 radical (unpaired) electrons. The minimum absolute atomic E-state index is 0.464. The molecule has 0 aliphatic carbocycles. The van der Waals surface area contributed by atoms with Crippen molar-refractivity contribution in [1.29, 1.82) is 0 Å². The Morgan fingerprint density at radius 3 is 2.57 bits per heavy atom. The van der Waals surface area contributed by atoms with Gasteiger partial charge in [-0.25, -0.2) is 0 Å². The van der Waals surface area contributed by atoms with Crippen LogP contribution in [0.5, 0.6) is 5.75 Å². The standard InChI is InChI=1S/C18H14ClN5O2S2/c1-25-14-8-6-13(7-9-14)20-17-23-24-18(28-17)27-10-15-21-22-16(26-15)11-2-4-12(19)5-3-11/h2-9H,10H2,1H3,(H,20,23). The molecule has 0 bridgehead atoms. The van der Waals surface area contributed by atoms with E-state index in [1.807, 2.05) is 36.4 Å². The second-order valence-electron chi connectivity index (χ2n) is 5.52. The van der Waals surface area contributed by atoms with E-state index in [1.165, 1.54) is 23.1 Å². The fraction of sp³-hybridized carbons (Fsp3) is 0.111. The number of aromatic nitrogens is 4. The number of halogens is 1. The lowest BCUT2D eigenvalue weighted by atomic mass is 10.2. The molecule has 0 atom stereocenters. The van der Waals surface area contributed by atoms with Crippen LogP contribution >= 0.6 is 34.7 Å². The molecule has 0 unspecified atom stereocenters. The molecule has 142 valence electrons. The second-order valence-corrected chi connectivity index (χ2v) is 8.16. The fourth-order valence-corrected chi connectivity index (χ4v) is 4.00. The largest absolute Gasteiger partial charge is 0.497 e. The Morgan fingerprint density at radius 2 is 1.82 bits per heavy atom. The van der Waals surface area contributed by atoms with Crippen LogP contribution in [0.4, 0.5) is 10.8 Å². The van der Waals surface area contributed by atoms with Gasteiger partial charge >= 0.3 is 0 Å². The number of hydrogen-bond acceptors (Lipinski definition) is 9. The van der Waals surface area contributed by atoms with Gasteiger partial charge in [0, 0.05) is 16.3 Å². The van der Waals surface area contributed by atoms with E-state index in [0.29, 0.717) is 27.7 Å². The summed E-state index contributed by atoms with van der Waals surface area (Å²) in [5, 5.41) is 21.1. The normalized spacial score (nSPS) is 10.8. The third kappa shape index (κ3) is 4.61. The molecular weight excluding hydrogens is 418 g/mol. The molecular formula is C18H14ClN5O2S2. The van der Waals surface area contributed by atoms with Gasteiger partial charge in [-0.2, -0.15) is 0 Å². The lowest BCUT2D eigenvalue weighted by Gasteiger charge is -2.03. The molecule has 0 aliphatic heterocycles. The van der Waals surface area contributed by atoms with Gasteiger partial charge in [-0.05, 0) is 48.5 Å². The Kier molecular flexibility index (Phi) is 5.75. The first kappa shape index (κ1) is 18.7. The third-order valence-electron chi connectivity index (χ3n) is 3.62. The molecule has 2 aromatic heterocycles. The van der Waals surface area contributed by atoms with Crippen LogP contribution in [0.15, 0.2) is 57.3 Å². The predicted octanol–water partition coefficient (Wildman–Crippen LogP) is 5.29. The minimum atomic E-state index is 0.464. The van der Waals surface area contributed by atoms with Crippen molar-refractivity contribution in [2.75, 3.05) is 12.4 Å². The van der Waals surface area contributed by atoms with Gasteiger partial charge in [0.1, 0.15) is 5.75 Å². The summed E-state index contributed by atoms with van der Waals surface area (Å²) in [4.78, 5) is 0. The lowest BCUT2D eigenvalue weighted by Crippen LogP contribution is -1.89. The van der Waals surface area contributed by atoms with Crippen molar-refractivity contribution in [3.8, 4) is 17.2 Å². The van der Waals surface area contributed by atoms with Crippen molar-refractivity contribution in [3.05, 3.63) is 59.4 Å². The Bertz CT molecular complexity index is 1050. The predicted molar refractivity (Wildman–Crippen MR) is 110 cm³/mol. The summed E-state index contributed by atoms with van der Waals surface area (Å²) in [7, 11) is 1.64. The Morgan fingerprint density at radius 1 is 1.04 bits per heavy atom. The van der Waals surface area contributed by atoms with Gasteiger partial charge in [0.15, 0.2) is 4.34 Å². The summed E-state index contributed by atoms with van der Waals surface area (Å²) < 4.78 is 11.7. The van der Waals surface area contributed by atoms with Crippen molar-refractivity contribution in [1.82, 2.24) is 20.4 Å². The number of hydrogen-bond donors (Lipinski definition) is 1. The van der Waals surface area contributed by atoms with Crippen LogP contribution in [0.1, 0.15) is 5.89 Å². The van der Waals surface area contributed by atoms with Crippen LogP contribution in [-0.2, 0) is 5.75 Å². The number of nitrogens with zero attached hydrogens (tertiary/aromatic N) is 4. The number of nitrogens with one attached hydrogen (secondary N) is 1. The molecule has 0 saturated heterocycles. The highest BCUT2D eigenvalue weighted by Gasteiger charge is 2.11. The van der Waals surface area contributed by atoms with Crippen molar-refractivity contribution < 1.29 is 9.15 Å². The molecule has 0 amide bonds. The first-order chi connectivity index (χ1) is 13.7. The zero-order valence-corrected chi connectivity index (χ0v) is 17.0. The summed E-state index contributed by atoms with van der Waals surface area (Å²) in [6, 6.07) is 14.9. The van der Waals surface area contributed by atoms with E-state index in [4.69, 9.17) is 20.8 Å². The Balaban J connectivity index is 1.35. The van der Waals surface area contributed by atoms with Gasteiger partial charge in [0.05, 0.1) is 12.9 Å². The highest BCUT2D eigenvalue weighted by Crippen LogP contribution is 2.30. The van der Waals surface area contributed by atoms with E-state index in [0.717, 1.165) is 21.3 Å². The van der Waals surface area contributed by atoms with Gasteiger partial charge in [0.2, 0.25) is 16.9 Å². The number of anilines is 2. The maximum Gasteiger partial charge on any atom is 0.247 e. The molecule has 4 rings (SSSR count). The maximum absolute atomic E-state index is 5.90. The van der Waals surface area contributed by atoms with Crippen molar-refractivity contribution in [2.24, 2.45) is 0 Å². The van der Waals surface area contributed by atoms with Crippen LogP contribution in [-0.4, -0.2) is 27.5 Å². The smallest absolute Gasteiger partial charge is 0.247 e. The second kappa shape index (κ2) is 8.59. The SMILES string of the molecule is COc1ccc(Nc2nnc(SCc3nnc(-c4ccc(Cl)cc4)o3)s2)cc1. The average molecular weight is 432 g/mol. The summed E-state index contributed by atoms with van der Waals surface area (Å²) in [5.41, 5.74) is 1.74. The molecule has 28 heavy (non-hydrogen) atoms. The fourth-order valence-electron chi connectivity index (χ4n) is 2.26. The summed E-state index contributed by atoms with van der Waals surface area (Å²) in [6.07, 6.45) is 0. The molecule has 0 aliphatic rings. The lowest BCUT2D eigenvalue weighted by molar-refractivity contribution is 0.415. The zero-order chi connectivity index (χ0) is 19.3. The van der Waals surface area contributed by atoms with Gasteiger partial charge in [-0.1, -0.05) is 34.7 Å². The highest BCUT2D eigenvalue weighted by atomic mass is 35.5. The van der Waals surface area contributed by atoms with Crippen LogP contribution in [0.2, 0.25) is 5.02 Å². The molecule has 0 spiro atoms. The molecule has 0 saturated carbocycles. The molecule has 2 heterocycles. The van der Waals surface area contributed by atoms with Gasteiger partial charge in [-0.15, -0.1) is 20.4 Å². The van der Waals surface area contributed by atoms with E-state index in [2.05, 4.69) is 25.7 Å². The van der Waals surface area contributed by atoms with Crippen LogP contribution in [0, 0.1) is 0 Å². The van der Waals surface area contributed by atoms with E-state index < -0.39 is 0 Å². The van der Waals surface area contributed by atoms with Crippen LogP contribution in [0.3, 0.4) is 0 Å². The third-order valence-corrected chi connectivity index (χ3v) is 5.83. The Hall–Kier alpha value is -2.62. The van der Waals surface area contributed by atoms with Crippen molar-refractivity contribution in [2.45, 2.75) is 10.1 Å².